The zero-order chi connectivity index (χ0) is 14.5. The lowest BCUT2D eigenvalue weighted by atomic mass is 10.1. The molecule has 0 spiro atoms. The van der Waals surface area contributed by atoms with E-state index in [1.54, 1.807) is 17.8 Å². The third-order valence-corrected chi connectivity index (χ3v) is 3.91. The van der Waals surface area contributed by atoms with Gasteiger partial charge in [0.15, 0.2) is 0 Å². The third-order valence-electron chi connectivity index (χ3n) is 2.67. The Hall–Kier alpha value is -1.73. The summed E-state index contributed by atoms with van der Waals surface area (Å²) in [5, 5.41) is 9.17. The number of carbonyl (C=O) groups excluding carboxylic acids is 1. The smallest absolute Gasteiger partial charge is 0.341 e. The first-order chi connectivity index (χ1) is 9.60. The number of halogens is 1. The lowest BCUT2D eigenvalue weighted by Crippen LogP contribution is -2.28. The SMILES string of the molecule is CS[C@@H](CNC(=O)c1n[nH]c(=O)[nH]1)c1cccc(Cl)c1. The lowest BCUT2D eigenvalue weighted by Gasteiger charge is -2.15. The monoisotopic (exact) mass is 312 g/mol. The van der Waals surface area contributed by atoms with Crippen molar-refractivity contribution in [1.29, 1.82) is 0 Å². The predicted octanol–water partition coefficient (Wildman–Crippen LogP) is 1.59. The molecule has 0 fully saturated rings. The molecule has 1 aromatic carbocycles. The molecule has 0 aliphatic carbocycles. The van der Waals surface area contributed by atoms with Crippen LogP contribution in [0.1, 0.15) is 21.4 Å². The number of nitrogens with one attached hydrogen (secondary N) is 3. The number of rotatable bonds is 5. The molecular weight excluding hydrogens is 300 g/mol. The summed E-state index contributed by atoms with van der Waals surface area (Å²) in [6.07, 6.45) is 1.95. The van der Waals surface area contributed by atoms with Gasteiger partial charge in [-0.05, 0) is 24.0 Å². The molecule has 2 aromatic rings. The summed E-state index contributed by atoms with van der Waals surface area (Å²) in [7, 11) is 0. The van der Waals surface area contributed by atoms with Crippen molar-refractivity contribution in [2.24, 2.45) is 0 Å². The molecule has 0 saturated carbocycles. The van der Waals surface area contributed by atoms with E-state index in [-0.39, 0.29) is 11.1 Å². The Morgan fingerprint density at radius 1 is 1.55 bits per heavy atom. The summed E-state index contributed by atoms with van der Waals surface area (Å²) in [4.78, 5) is 25.0. The van der Waals surface area contributed by atoms with Crippen LogP contribution in [0.25, 0.3) is 0 Å². The van der Waals surface area contributed by atoms with Gasteiger partial charge in [-0.25, -0.2) is 9.89 Å². The number of thioether (sulfide) groups is 1. The third kappa shape index (κ3) is 3.64. The van der Waals surface area contributed by atoms with Gasteiger partial charge in [-0.15, -0.1) is 5.10 Å². The molecule has 0 saturated heterocycles. The first-order valence-electron chi connectivity index (χ1n) is 5.81. The Balaban J connectivity index is 2.01. The average Bonchev–Trinajstić information content (AvgIpc) is 2.86. The molecule has 3 N–H and O–H groups in total. The van der Waals surface area contributed by atoms with Crippen molar-refractivity contribution in [3.63, 3.8) is 0 Å². The van der Waals surface area contributed by atoms with Crippen molar-refractivity contribution in [2.75, 3.05) is 12.8 Å². The maximum Gasteiger partial charge on any atom is 0.341 e. The van der Waals surface area contributed by atoms with Gasteiger partial charge in [0.05, 0.1) is 0 Å². The molecule has 20 heavy (non-hydrogen) atoms. The summed E-state index contributed by atoms with van der Waals surface area (Å²) in [5.41, 5.74) is 0.521. The minimum atomic E-state index is -0.508. The number of carbonyl (C=O) groups is 1. The fraction of sp³-hybridized carbons (Fsp3) is 0.250. The largest absolute Gasteiger partial charge is 0.348 e. The second kappa shape index (κ2) is 6.62. The molecule has 0 aliphatic rings. The number of nitrogens with zero attached hydrogens (tertiary/aromatic N) is 1. The molecule has 1 aromatic heterocycles. The zero-order valence-corrected chi connectivity index (χ0v) is 12.2. The van der Waals surface area contributed by atoms with Gasteiger partial charge in [0, 0.05) is 16.8 Å². The van der Waals surface area contributed by atoms with E-state index in [0.717, 1.165) is 5.56 Å². The summed E-state index contributed by atoms with van der Waals surface area (Å²) in [5.74, 6) is -0.453. The highest BCUT2D eigenvalue weighted by Crippen LogP contribution is 2.27. The highest BCUT2D eigenvalue weighted by molar-refractivity contribution is 7.98. The van der Waals surface area contributed by atoms with E-state index < -0.39 is 11.6 Å². The number of hydrogen-bond acceptors (Lipinski definition) is 4. The van der Waals surface area contributed by atoms with Gasteiger partial charge in [-0.1, -0.05) is 23.7 Å². The van der Waals surface area contributed by atoms with Crippen molar-refractivity contribution >= 4 is 29.3 Å². The average molecular weight is 313 g/mol. The fourth-order valence-electron chi connectivity index (χ4n) is 1.69. The minimum Gasteiger partial charge on any atom is -0.348 e. The van der Waals surface area contributed by atoms with E-state index >= 15 is 0 Å². The minimum absolute atomic E-state index is 0.0269. The maximum absolute atomic E-state index is 11.8. The van der Waals surface area contributed by atoms with Crippen LogP contribution in [0.15, 0.2) is 29.1 Å². The quantitative estimate of drug-likeness (QED) is 0.782. The Morgan fingerprint density at radius 2 is 2.35 bits per heavy atom. The second-order valence-electron chi connectivity index (χ2n) is 4.02. The molecule has 0 unspecified atom stereocenters. The second-order valence-corrected chi connectivity index (χ2v) is 5.49. The molecule has 1 amide bonds. The first kappa shape index (κ1) is 14.7. The van der Waals surface area contributed by atoms with Crippen LogP contribution in [0.4, 0.5) is 0 Å². The van der Waals surface area contributed by atoms with Gasteiger partial charge in [-0.2, -0.15) is 11.8 Å². The van der Waals surface area contributed by atoms with Gasteiger partial charge in [-0.3, -0.25) is 9.78 Å². The maximum atomic E-state index is 11.8. The lowest BCUT2D eigenvalue weighted by molar-refractivity contribution is 0.0944. The molecule has 0 radical (unpaired) electrons. The van der Waals surface area contributed by atoms with E-state index in [2.05, 4.69) is 20.5 Å². The van der Waals surface area contributed by atoms with E-state index in [4.69, 9.17) is 11.6 Å². The van der Waals surface area contributed by atoms with Crippen LogP contribution in [0.3, 0.4) is 0 Å². The van der Waals surface area contributed by atoms with Gasteiger partial charge in [0.25, 0.3) is 5.91 Å². The Kier molecular flexibility index (Phi) is 4.86. The van der Waals surface area contributed by atoms with Crippen LogP contribution in [-0.2, 0) is 0 Å². The molecule has 106 valence electrons. The summed E-state index contributed by atoms with van der Waals surface area (Å²) >= 11 is 7.56. The summed E-state index contributed by atoms with van der Waals surface area (Å²) < 4.78 is 0. The number of hydrogen-bond donors (Lipinski definition) is 3. The molecule has 1 heterocycles. The topological polar surface area (TPSA) is 90.6 Å². The van der Waals surface area contributed by atoms with Crippen LogP contribution in [-0.4, -0.2) is 33.9 Å². The zero-order valence-electron chi connectivity index (χ0n) is 10.6. The van der Waals surface area contributed by atoms with Gasteiger partial charge >= 0.3 is 5.69 Å². The van der Waals surface area contributed by atoms with Crippen LogP contribution >= 0.6 is 23.4 Å². The van der Waals surface area contributed by atoms with Crippen LogP contribution < -0.4 is 11.0 Å². The number of H-pyrrole nitrogens is 2. The molecule has 6 nitrogen and oxygen atoms in total. The van der Waals surface area contributed by atoms with Crippen LogP contribution in [0, 0.1) is 0 Å². The van der Waals surface area contributed by atoms with Crippen molar-refractivity contribution in [3.05, 3.63) is 51.2 Å². The predicted molar refractivity (Wildman–Crippen MR) is 79.2 cm³/mol. The molecular formula is C12H13ClN4O2S. The highest BCUT2D eigenvalue weighted by Gasteiger charge is 2.14. The molecule has 1 atom stereocenters. The van der Waals surface area contributed by atoms with E-state index in [1.165, 1.54) is 0 Å². The van der Waals surface area contributed by atoms with Crippen molar-refractivity contribution in [3.8, 4) is 0 Å². The van der Waals surface area contributed by atoms with Crippen LogP contribution in [0.5, 0.6) is 0 Å². The molecule has 0 aliphatic heterocycles. The number of aromatic amines is 2. The van der Waals surface area contributed by atoms with Crippen molar-refractivity contribution in [1.82, 2.24) is 20.5 Å². The highest BCUT2D eigenvalue weighted by atomic mass is 35.5. The van der Waals surface area contributed by atoms with Gasteiger partial charge in [0.1, 0.15) is 0 Å². The number of benzene rings is 1. The van der Waals surface area contributed by atoms with E-state index in [9.17, 15) is 9.59 Å². The fourth-order valence-corrected chi connectivity index (χ4v) is 2.56. The van der Waals surface area contributed by atoms with Crippen molar-refractivity contribution < 1.29 is 4.79 Å². The molecule has 0 bridgehead atoms. The Labute approximate surface area is 124 Å². The Morgan fingerprint density at radius 3 is 2.95 bits per heavy atom. The molecule has 2 rings (SSSR count). The Bertz CT molecular complexity index is 655. The summed E-state index contributed by atoms with van der Waals surface area (Å²) in [6.45, 7) is 0.412. The van der Waals surface area contributed by atoms with Gasteiger partial charge < -0.3 is 5.32 Å². The number of aromatic nitrogens is 3. The first-order valence-corrected chi connectivity index (χ1v) is 7.48. The van der Waals surface area contributed by atoms with Crippen molar-refractivity contribution in [2.45, 2.75) is 5.25 Å². The standard InChI is InChI=1S/C12H13ClN4O2S/c1-20-9(7-3-2-4-8(13)5-7)6-14-11(18)10-15-12(19)17-16-10/h2-5,9H,6H2,1H3,(H,14,18)(H2,15,16,17,19)/t9-/m0/s1. The summed E-state index contributed by atoms with van der Waals surface area (Å²) in [6, 6.07) is 7.49. The van der Waals surface area contributed by atoms with E-state index in [1.807, 2.05) is 24.5 Å². The normalized spacial score (nSPS) is 12.1. The molecule has 8 heteroatoms. The van der Waals surface area contributed by atoms with Gasteiger partial charge in [0.2, 0.25) is 5.82 Å². The number of amides is 1. The van der Waals surface area contributed by atoms with Crippen LogP contribution in [0.2, 0.25) is 5.02 Å². The van der Waals surface area contributed by atoms with E-state index in [0.29, 0.717) is 11.6 Å².